The number of imidazole rings is 1. The summed E-state index contributed by atoms with van der Waals surface area (Å²) in [7, 11) is 0. The molecule has 2 aromatic heterocycles. The standard InChI is InChI=1S/C11H11BrClN3/c1-7-8(2)16(6-15-7)11-9(4-13)3-10(12)5-14-11/h3,5-6H,4H2,1-2H3. The molecule has 0 unspecified atom stereocenters. The molecule has 0 bridgehead atoms. The lowest BCUT2D eigenvalue weighted by atomic mass is 10.3. The van der Waals surface area contributed by atoms with Gasteiger partial charge >= 0.3 is 0 Å². The van der Waals surface area contributed by atoms with Crippen LogP contribution in [0.25, 0.3) is 5.82 Å². The number of halogens is 2. The maximum Gasteiger partial charge on any atom is 0.142 e. The SMILES string of the molecule is Cc1ncn(-c2ncc(Br)cc2CCl)c1C. The van der Waals surface area contributed by atoms with E-state index >= 15 is 0 Å². The molecule has 0 N–H and O–H groups in total. The summed E-state index contributed by atoms with van der Waals surface area (Å²) in [4.78, 5) is 8.64. The highest BCUT2D eigenvalue weighted by atomic mass is 79.9. The van der Waals surface area contributed by atoms with Crippen molar-refractivity contribution >= 4 is 27.5 Å². The lowest BCUT2D eigenvalue weighted by Gasteiger charge is -2.09. The topological polar surface area (TPSA) is 30.7 Å². The van der Waals surface area contributed by atoms with Crippen LogP contribution in [-0.2, 0) is 5.88 Å². The lowest BCUT2D eigenvalue weighted by molar-refractivity contribution is 0.930. The maximum atomic E-state index is 5.92. The number of aryl methyl sites for hydroxylation is 1. The fourth-order valence-electron chi connectivity index (χ4n) is 1.50. The molecular weight excluding hydrogens is 289 g/mol. The molecule has 0 amide bonds. The van der Waals surface area contributed by atoms with Gasteiger partial charge in [0, 0.05) is 21.9 Å². The van der Waals surface area contributed by atoms with Crippen molar-refractivity contribution < 1.29 is 0 Å². The molecular formula is C11H11BrClN3. The smallest absolute Gasteiger partial charge is 0.142 e. The van der Waals surface area contributed by atoms with Crippen molar-refractivity contribution in [3.8, 4) is 5.82 Å². The van der Waals surface area contributed by atoms with Crippen LogP contribution >= 0.6 is 27.5 Å². The highest BCUT2D eigenvalue weighted by molar-refractivity contribution is 9.10. The van der Waals surface area contributed by atoms with Crippen molar-refractivity contribution in [2.24, 2.45) is 0 Å². The van der Waals surface area contributed by atoms with E-state index < -0.39 is 0 Å². The van der Waals surface area contributed by atoms with Crippen molar-refractivity contribution in [3.05, 3.63) is 40.0 Å². The van der Waals surface area contributed by atoms with Gasteiger partial charge in [0.05, 0.1) is 11.6 Å². The molecule has 0 atom stereocenters. The second-order valence-electron chi connectivity index (χ2n) is 3.56. The van der Waals surface area contributed by atoms with E-state index in [2.05, 4.69) is 25.9 Å². The van der Waals surface area contributed by atoms with Crippen LogP contribution in [0, 0.1) is 13.8 Å². The Morgan fingerprint density at radius 3 is 2.69 bits per heavy atom. The molecule has 0 aromatic carbocycles. The minimum absolute atomic E-state index is 0.429. The van der Waals surface area contributed by atoms with Gasteiger partial charge in [-0.1, -0.05) is 0 Å². The summed E-state index contributed by atoms with van der Waals surface area (Å²) in [6, 6.07) is 1.98. The quantitative estimate of drug-likeness (QED) is 0.796. The van der Waals surface area contributed by atoms with Gasteiger partial charge in [0.2, 0.25) is 0 Å². The monoisotopic (exact) mass is 299 g/mol. The van der Waals surface area contributed by atoms with Crippen LogP contribution in [0.2, 0.25) is 0 Å². The molecule has 0 radical (unpaired) electrons. The zero-order valence-electron chi connectivity index (χ0n) is 9.04. The maximum absolute atomic E-state index is 5.92. The van der Waals surface area contributed by atoms with Gasteiger partial charge in [-0.2, -0.15) is 0 Å². The first-order chi connectivity index (χ1) is 7.63. The fourth-order valence-corrected chi connectivity index (χ4v) is 2.08. The Labute approximate surface area is 108 Å². The van der Waals surface area contributed by atoms with Crippen LogP contribution in [-0.4, -0.2) is 14.5 Å². The number of aromatic nitrogens is 3. The number of nitrogens with zero attached hydrogens (tertiary/aromatic N) is 3. The summed E-state index contributed by atoms with van der Waals surface area (Å²) in [6.07, 6.45) is 3.54. The van der Waals surface area contributed by atoms with Crippen LogP contribution in [0.3, 0.4) is 0 Å². The average Bonchev–Trinajstić information content (AvgIpc) is 2.60. The van der Waals surface area contributed by atoms with Gasteiger partial charge in [0.1, 0.15) is 12.1 Å². The third-order valence-corrected chi connectivity index (χ3v) is 3.26. The normalized spacial score (nSPS) is 10.8. The van der Waals surface area contributed by atoms with E-state index in [0.717, 1.165) is 27.2 Å². The lowest BCUT2D eigenvalue weighted by Crippen LogP contribution is -2.02. The van der Waals surface area contributed by atoms with Crippen LogP contribution < -0.4 is 0 Å². The molecule has 0 aliphatic rings. The number of pyridine rings is 1. The summed E-state index contributed by atoms with van der Waals surface area (Å²) >= 11 is 9.31. The molecule has 5 heteroatoms. The zero-order valence-corrected chi connectivity index (χ0v) is 11.4. The van der Waals surface area contributed by atoms with E-state index in [-0.39, 0.29) is 0 Å². The first kappa shape index (κ1) is 11.6. The van der Waals surface area contributed by atoms with Crippen molar-refractivity contribution in [2.75, 3.05) is 0 Å². The van der Waals surface area contributed by atoms with Gasteiger partial charge in [0.25, 0.3) is 0 Å². The second-order valence-corrected chi connectivity index (χ2v) is 4.74. The molecule has 0 aliphatic carbocycles. The van der Waals surface area contributed by atoms with Gasteiger partial charge < -0.3 is 0 Å². The van der Waals surface area contributed by atoms with E-state index in [0.29, 0.717) is 5.88 Å². The molecule has 0 fully saturated rings. The van der Waals surface area contributed by atoms with Crippen molar-refractivity contribution in [1.29, 1.82) is 0 Å². The predicted octanol–water partition coefficient (Wildman–Crippen LogP) is 3.39. The van der Waals surface area contributed by atoms with Crippen molar-refractivity contribution in [3.63, 3.8) is 0 Å². The zero-order chi connectivity index (χ0) is 11.7. The Bertz CT molecular complexity index is 522. The molecule has 0 saturated carbocycles. The summed E-state index contributed by atoms with van der Waals surface area (Å²) < 4.78 is 2.89. The second kappa shape index (κ2) is 4.55. The molecule has 0 aliphatic heterocycles. The number of rotatable bonds is 2. The van der Waals surface area contributed by atoms with Crippen LogP contribution in [0.5, 0.6) is 0 Å². The average molecular weight is 301 g/mol. The van der Waals surface area contributed by atoms with E-state index in [4.69, 9.17) is 11.6 Å². The largest absolute Gasteiger partial charge is 0.287 e. The van der Waals surface area contributed by atoms with Gasteiger partial charge in [0.15, 0.2) is 0 Å². The van der Waals surface area contributed by atoms with Gasteiger partial charge in [-0.3, -0.25) is 4.57 Å². The number of hydrogen-bond donors (Lipinski definition) is 0. The Balaban J connectivity index is 2.59. The van der Waals surface area contributed by atoms with Crippen molar-refractivity contribution in [2.45, 2.75) is 19.7 Å². The molecule has 3 nitrogen and oxygen atoms in total. The number of hydrogen-bond acceptors (Lipinski definition) is 2. The molecule has 84 valence electrons. The first-order valence-corrected chi connectivity index (χ1v) is 6.17. The van der Waals surface area contributed by atoms with Gasteiger partial charge in [-0.15, -0.1) is 11.6 Å². The van der Waals surface area contributed by atoms with E-state index in [9.17, 15) is 0 Å². The third kappa shape index (κ3) is 1.99. The highest BCUT2D eigenvalue weighted by Gasteiger charge is 2.10. The fraction of sp³-hybridized carbons (Fsp3) is 0.273. The molecule has 2 rings (SSSR count). The Hall–Kier alpha value is -0.870. The van der Waals surface area contributed by atoms with E-state index in [1.165, 1.54) is 0 Å². The Morgan fingerprint density at radius 1 is 1.38 bits per heavy atom. The molecule has 0 spiro atoms. The van der Waals surface area contributed by atoms with E-state index in [1.54, 1.807) is 12.5 Å². The molecule has 2 heterocycles. The summed E-state index contributed by atoms with van der Waals surface area (Å²) in [5.41, 5.74) is 3.07. The molecule has 0 saturated heterocycles. The first-order valence-electron chi connectivity index (χ1n) is 4.84. The predicted molar refractivity (Wildman–Crippen MR) is 68.1 cm³/mol. The highest BCUT2D eigenvalue weighted by Crippen LogP contribution is 2.21. The molecule has 2 aromatic rings. The minimum Gasteiger partial charge on any atom is -0.287 e. The van der Waals surface area contributed by atoms with Crippen LogP contribution in [0.1, 0.15) is 17.0 Å². The van der Waals surface area contributed by atoms with Crippen LogP contribution in [0.15, 0.2) is 23.1 Å². The third-order valence-electron chi connectivity index (χ3n) is 2.53. The van der Waals surface area contributed by atoms with E-state index in [1.807, 2.05) is 24.5 Å². The van der Waals surface area contributed by atoms with Gasteiger partial charge in [-0.05, 0) is 35.8 Å². The van der Waals surface area contributed by atoms with Gasteiger partial charge in [-0.25, -0.2) is 9.97 Å². The summed E-state index contributed by atoms with van der Waals surface area (Å²) in [6.45, 7) is 4.00. The summed E-state index contributed by atoms with van der Waals surface area (Å²) in [5, 5.41) is 0. The Kier molecular flexibility index (Phi) is 3.30. The summed E-state index contributed by atoms with van der Waals surface area (Å²) in [5.74, 6) is 1.27. The van der Waals surface area contributed by atoms with Crippen molar-refractivity contribution in [1.82, 2.24) is 14.5 Å². The Morgan fingerprint density at radius 2 is 2.12 bits per heavy atom. The van der Waals surface area contributed by atoms with Crippen LogP contribution in [0.4, 0.5) is 0 Å². The minimum atomic E-state index is 0.429. The number of alkyl halides is 1. The molecule has 16 heavy (non-hydrogen) atoms.